The molecule has 0 aliphatic rings. The van der Waals surface area contributed by atoms with Crippen molar-refractivity contribution in [2.24, 2.45) is 5.10 Å². The summed E-state index contributed by atoms with van der Waals surface area (Å²) in [5.74, 6) is 0.797. The van der Waals surface area contributed by atoms with Crippen LogP contribution in [0.5, 0.6) is 0 Å². The Morgan fingerprint density at radius 1 is 0.828 bits per heavy atom. The first-order valence-electron chi connectivity index (χ1n) is 9.56. The van der Waals surface area contributed by atoms with E-state index in [9.17, 15) is 0 Å². The van der Waals surface area contributed by atoms with E-state index in [4.69, 9.17) is 10.1 Å². The van der Waals surface area contributed by atoms with E-state index in [2.05, 4.69) is 64.0 Å². The first kappa shape index (κ1) is 17.3. The zero-order chi connectivity index (χ0) is 19.8. The summed E-state index contributed by atoms with van der Waals surface area (Å²) < 4.78 is 4.01. The summed E-state index contributed by atoms with van der Waals surface area (Å²) in [6.07, 6.45) is 3.95. The lowest BCUT2D eigenvalue weighted by Crippen LogP contribution is -2.08. The first-order valence-corrected chi connectivity index (χ1v) is 9.56. The van der Waals surface area contributed by atoms with Crippen molar-refractivity contribution in [3.05, 3.63) is 90.6 Å². The molecule has 0 radical (unpaired) electrons. The van der Waals surface area contributed by atoms with Gasteiger partial charge in [-0.25, -0.2) is 4.98 Å². The van der Waals surface area contributed by atoms with Crippen molar-refractivity contribution in [1.29, 1.82) is 0 Å². The molecule has 3 aromatic carbocycles. The van der Waals surface area contributed by atoms with Crippen molar-refractivity contribution >= 4 is 28.7 Å². The second-order valence-corrected chi connectivity index (χ2v) is 7.19. The van der Waals surface area contributed by atoms with Gasteiger partial charge in [0, 0.05) is 31.5 Å². The van der Waals surface area contributed by atoms with Crippen LogP contribution >= 0.6 is 0 Å². The van der Waals surface area contributed by atoms with Crippen LogP contribution in [0.1, 0.15) is 5.56 Å². The molecular formula is C24H21N5. The zero-order valence-electron chi connectivity index (χ0n) is 16.4. The monoisotopic (exact) mass is 379 g/mol. The van der Waals surface area contributed by atoms with Gasteiger partial charge < -0.3 is 4.90 Å². The van der Waals surface area contributed by atoms with Gasteiger partial charge in [0.05, 0.1) is 22.9 Å². The van der Waals surface area contributed by atoms with E-state index in [0.29, 0.717) is 0 Å². The molecule has 29 heavy (non-hydrogen) atoms. The second kappa shape index (κ2) is 6.95. The van der Waals surface area contributed by atoms with Crippen LogP contribution in [0.2, 0.25) is 0 Å². The summed E-state index contributed by atoms with van der Waals surface area (Å²) in [5, 5.41) is 4.77. The molecule has 0 fully saturated rings. The fourth-order valence-electron chi connectivity index (χ4n) is 3.50. The minimum Gasteiger partial charge on any atom is -0.378 e. The quantitative estimate of drug-likeness (QED) is 0.416. The molecule has 0 saturated carbocycles. The molecule has 0 unspecified atom stereocenters. The van der Waals surface area contributed by atoms with Gasteiger partial charge in [0.15, 0.2) is 0 Å². The Bertz CT molecular complexity index is 1310. The van der Waals surface area contributed by atoms with Gasteiger partial charge in [0.25, 0.3) is 0 Å². The van der Waals surface area contributed by atoms with Crippen molar-refractivity contribution in [1.82, 2.24) is 14.1 Å². The highest BCUT2D eigenvalue weighted by Gasteiger charge is 2.14. The van der Waals surface area contributed by atoms with Crippen molar-refractivity contribution < 1.29 is 0 Å². The zero-order valence-corrected chi connectivity index (χ0v) is 16.4. The average Bonchev–Trinajstić information content (AvgIpc) is 3.31. The van der Waals surface area contributed by atoms with Gasteiger partial charge in [-0.3, -0.25) is 4.40 Å². The van der Waals surface area contributed by atoms with Gasteiger partial charge in [-0.2, -0.15) is 9.78 Å². The predicted molar refractivity (Wildman–Crippen MR) is 120 cm³/mol. The van der Waals surface area contributed by atoms with Crippen LogP contribution in [0.15, 0.2) is 90.2 Å². The minimum absolute atomic E-state index is 0.797. The van der Waals surface area contributed by atoms with Gasteiger partial charge in [-0.15, -0.1) is 0 Å². The number of aromatic nitrogens is 3. The Labute approximate surface area is 169 Å². The van der Waals surface area contributed by atoms with Crippen molar-refractivity contribution in [2.45, 2.75) is 0 Å². The number of para-hydroxylation sites is 2. The highest BCUT2D eigenvalue weighted by atomic mass is 15.4. The molecular weight excluding hydrogens is 358 g/mol. The molecule has 2 heterocycles. The van der Waals surface area contributed by atoms with Crippen molar-refractivity contribution in [3.63, 3.8) is 0 Å². The molecule has 0 saturated heterocycles. The molecule has 0 N–H and O–H groups in total. The molecule has 0 spiro atoms. The van der Waals surface area contributed by atoms with Crippen LogP contribution in [-0.4, -0.2) is 34.4 Å². The van der Waals surface area contributed by atoms with Gasteiger partial charge in [-0.05, 0) is 29.8 Å². The minimum atomic E-state index is 0.797. The number of hydrogen-bond donors (Lipinski definition) is 0. The molecule has 5 nitrogen and oxygen atoms in total. The lowest BCUT2D eigenvalue weighted by atomic mass is 10.2. The summed E-state index contributed by atoms with van der Waals surface area (Å²) >= 11 is 0. The van der Waals surface area contributed by atoms with Gasteiger partial charge in [0.1, 0.15) is 0 Å². The maximum atomic E-state index is 4.88. The lowest BCUT2D eigenvalue weighted by molar-refractivity contribution is 0.937. The number of imidazole rings is 2. The van der Waals surface area contributed by atoms with Crippen LogP contribution in [-0.2, 0) is 0 Å². The normalized spacial score (nSPS) is 11.7. The predicted octanol–water partition coefficient (Wildman–Crippen LogP) is 4.90. The Balaban J connectivity index is 1.62. The topological polar surface area (TPSA) is 37.8 Å². The fourth-order valence-corrected chi connectivity index (χ4v) is 3.50. The third-order valence-electron chi connectivity index (χ3n) is 5.05. The number of nitrogens with zero attached hydrogens (tertiary/aromatic N) is 5. The molecule has 0 amide bonds. The number of anilines is 1. The molecule has 5 heteroatoms. The molecule has 5 rings (SSSR count). The molecule has 5 aromatic rings. The highest BCUT2D eigenvalue weighted by Crippen LogP contribution is 2.25. The lowest BCUT2D eigenvalue weighted by Gasteiger charge is -2.11. The van der Waals surface area contributed by atoms with E-state index in [1.807, 2.05) is 55.3 Å². The summed E-state index contributed by atoms with van der Waals surface area (Å²) in [6.45, 7) is 0. The van der Waals surface area contributed by atoms with E-state index in [0.717, 1.165) is 39.3 Å². The largest absolute Gasteiger partial charge is 0.378 e. The molecule has 2 aromatic heterocycles. The van der Waals surface area contributed by atoms with Gasteiger partial charge in [0.2, 0.25) is 5.78 Å². The first-order chi connectivity index (χ1) is 14.2. The van der Waals surface area contributed by atoms with Crippen LogP contribution in [0.25, 0.3) is 28.1 Å². The van der Waals surface area contributed by atoms with Crippen LogP contribution in [0.4, 0.5) is 5.69 Å². The number of benzene rings is 3. The Kier molecular flexibility index (Phi) is 4.13. The van der Waals surface area contributed by atoms with Gasteiger partial charge >= 0.3 is 0 Å². The van der Waals surface area contributed by atoms with Crippen LogP contribution in [0.3, 0.4) is 0 Å². The summed E-state index contributed by atoms with van der Waals surface area (Å²) in [4.78, 5) is 6.96. The van der Waals surface area contributed by atoms with E-state index < -0.39 is 0 Å². The SMILES string of the molecule is CN(C)c1ccc(C=Nn2c3ccccc3n3cc(-c4ccccc4)nc23)cc1. The molecule has 0 atom stereocenters. The maximum absolute atomic E-state index is 4.88. The molecule has 0 aliphatic carbocycles. The summed E-state index contributed by atoms with van der Waals surface area (Å²) in [7, 11) is 4.07. The van der Waals surface area contributed by atoms with Crippen LogP contribution < -0.4 is 4.90 Å². The summed E-state index contributed by atoms with van der Waals surface area (Å²) in [5.41, 5.74) is 6.34. The number of hydrogen-bond acceptors (Lipinski definition) is 3. The van der Waals surface area contributed by atoms with E-state index in [1.54, 1.807) is 0 Å². The smallest absolute Gasteiger partial charge is 0.236 e. The number of rotatable bonds is 4. The average molecular weight is 379 g/mol. The van der Waals surface area contributed by atoms with Crippen molar-refractivity contribution in [2.75, 3.05) is 19.0 Å². The Hall–Kier alpha value is -3.86. The third-order valence-corrected chi connectivity index (χ3v) is 5.05. The molecule has 0 aliphatic heterocycles. The van der Waals surface area contributed by atoms with E-state index in [1.165, 1.54) is 0 Å². The number of fused-ring (bicyclic) bond motifs is 3. The standard InChI is InChI=1S/C24H21N5/c1-27(2)20-14-12-18(13-15-20)16-25-29-23-11-7-6-10-22(23)28-17-21(26-24(28)29)19-8-4-3-5-9-19/h3-17H,1-2H3. The maximum Gasteiger partial charge on any atom is 0.236 e. The van der Waals surface area contributed by atoms with Crippen LogP contribution in [0, 0.1) is 0 Å². The van der Waals surface area contributed by atoms with Gasteiger partial charge in [-0.1, -0.05) is 54.6 Å². The van der Waals surface area contributed by atoms with E-state index >= 15 is 0 Å². The molecule has 142 valence electrons. The van der Waals surface area contributed by atoms with Crippen molar-refractivity contribution in [3.8, 4) is 11.3 Å². The highest BCUT2D eigenvalue weighted by molar-refractivity contribution is 5.85. The van der Waals surface area contributed by atoms with E-state index in [-0.39, 0.29) is 0 Å². The third kappa shape index (κ3) is 3.06. The molecule has 0 bridgehead atoms. The Morgan fingerprint density at radius 2 is 1.52 bits per heavy atom. The Morgan fingerprint density at radius 3 is 2.24 bits per heavy atom. The second-order valence-electron chi connectivity index (χ2n) is 7.19. The summed E-state index contributed by atoms with van der Waals surface area (Å²) in [6, 6.07) is 26.8. The fraction of sp³-hybridized carbons (Fsp3) is 0.0833.